The van der Waals surface area contributed by atoms with Crippen LogP contribution in [0, 0.1) is 11.8 Å². The van der Waals surface area contributed by atoms with E-state index in [0.717, 1.165) is 19.3 Å². The summed E-state index contributed by atoms with van der Waals surface area (Å²) in [5.74, 6) is 0.795. The van der Waals surface area contributed by atoms with Crippen LogP contribution in [0.4, 0.5) is 0 Å². The van der Waals surface area contributed by atoms with Gasteiger partial charge < -0.3 is 10.2 Å². The molecule has 2 heteroatoms. The van der Waals surface area contributed by atoms with Crippen molar-refractivity contribution in [2.24, 2.45) is 11.8 Å². The van der Waals surface area contributed by atoms with Gasteiger partial charge in [-0.2, -0.15) is 0 Å². The van der Waals surface area contributed by atoms with E-state index in [0.29, 0.717) is 11.8 Å². The van der Waals surface area contributed by atoms with Gasteiger partial charge in [0.15, 0.2) is 0 Å². The fourth-order valence-corrected chi connectivity index (χ4v) is 2.05. The highest BCUT2D eigenvalue weighted by Gasteiger charge is 2.24. The van der Waals surface area contributed by atoms with Crippen molar-refractivity contribution >= 4 is 0 Å². The molecule has 0 radical (unpaired) electrons. The molecular weight excluding hydrogens is 152 g/mol. The maximum atomic E-state index is 9.63. The second kappa shape index (κ2) is 4.83. The van der Waals surface area contributed by atoms with E-state index in [1.54, 1.807) is 0 Å². The molecular formula is C10H20O2. The first-order valence-corrected chi connectivity index (χ1v) is 5.03. The minimum atomic E-state index is -0.104. The van der Waals surface area contributed by atoms with Crippen LogP contribution < -0.4 is 0 Å². The van der Waals surface area contributed by atoms with Gasteiger partial charge in [0.05, 0.1) is 6.10 Å². The summed E-state index contributed by atoms with van der Waals surface area (Å²) in [6, 6.07) is 0. The highest BCUT2D eigenvalue weighted by atomic mass is 16.3. The van der Waals surface area contributed by atoms with E-state index in [1.165, 1.54) is 12.8 Å². The van der Waals surface area contributed by atoms with Crippen molar-refractivity contribution in [2.75, 3.05) is 6.61 Å². The molecule has 12 heavy (non-hydrogen) atoms. The highest BCUT2D eigenvalue weighted by Crippen LogP contribution is 2.29. The number of aliphatic hydroxyl groups is 2. The molecule has 2 nitrogen and oxygen atoms in total. The van der Waals surface area contributed by atoms with Crippen molar-refractivity contribution in [3.05, 3.63) is 0 Å². The number of aliphatic hydroxyl groups excluding tert-OH is 2. The van der Waals surface area contributed by atoms with Gasteiger partial charge in [0.2, 0.25) is 0 Å². The van der Waals surface area contributed by atoms with Crippen LogP contribution in [0.5, 0.6) is 0 Å². The predicted octanol–water partition coefficient (Wildman–Crippen LogP) is 1.56. The Hall–Kier alpha value is -0.0800. The molecule has 0 aromatic heterocycles. The maximum Gasteiger partial charge on any atom is 0.0568 e. The molecule has 1 rings (SSSR count). The van der Waals surface area contributed by atoms with E-state index in [2.05, 4.69) is 0 Å². The molecule has 72 valence electrons. The summed E-state index contributed by atoms with van der Waals surface area (Å²) in [7, 11) is 0. The number of hydrogen-bond acceptors (Lipinski definition) is 2. The predicted molar refractivity (Wildman–Crippen MR) is 48.8 cm³/mol. The quantitative estimate of drug-likeness (QED) is 0.678. The Labute approximate surface area is 74.6 Å². The summed E-state index contributed by atoms with van der Waals surface area (Å²) in [5, 5.41) is 18.5. The van der Waals surface area contributed by atoms with Crippen molar-refractivity contribution in [2.45, 2.75) is 45.1 Å². The van der Waals surface area contributed by atoms with Crippen LogP contribution in [0.3, 0.4) is 0 Å². The molecule has 1 fully saturated rings. The molecule has 0 amide bonds. The van der Waals surface area contributed by atoms with Gasteiger partial charge in [-0.25, -0.2) is 0 Å². The molecule has 0 aromatic rings. The topological polar surface area (TPSA) is 40.5 Å². The monoisotopic (exact) mass is 172 g/mol. The SMILES string of the molecule is CC(CO)C[C@H]1CCCC[C@H]1O. The lowest BCUT2D eigenvalue weighted by Crippen LogP contribution is -2.26. The number of rotatable bonds is 3. The zero-order valence-electron chi connectivity index (χ0n) is 7.87. The van der Waals surface area contributed by atoms with Gasteiger partial charge in [0, 0.05) is 6.61 Å². The number of hydrogen-bond donors (Lipinski definition) is 2. The fourth-order valence-electron chi connectivity index (χ4n) is 2.05. The molecule has 1 aliphatic rings. The van der Waals surface area contributed by atoms with Crippen LogP contribution in [-0.2, 0) is 0 Å². The molecule has 0 aromatic carbocycles. The smallest absolute Gasteiger partial charge is 0.0568 e. The van der Waals surface area contributed by atoms with E-state index < -0.39 is 0 Å². The normalized spacial score (nSPS) is 33.2. The van der Waals surface area contributed by atoms with Crippen molar-refractivity contribution in [1.82, 2.24) is 0 Å². The second-order valence-electron chi connectivity index (χ2n) is 4.14. The van der Waals surface area contributed by atoms with Gasteiger partial charge in [-0.1, -0.05) is 19.8 Å². The van der Waals surface area contributed by atoms with Gasteiger partial charge in [0.1, 0.15) is 0 Å². The third-order valence-electron chi connectivity index (χ3n) is 2.89. The first kappa shape index (κ1) is 10.0. The van der Waals surface area contributed by atoms with Crippen molar-refractivity contribution in [1.29, 1.82) is 0 Å². The first-order chi connectivity index (χ1) is 5.74. The summed E-state index contributed by atoms with van der Waals surface area (Å²) in [4.78, 5) is 0. The molecule has 0 aliphatic heterocycles. The van der Waals surface area contributed by atoms with E-state index in [1.807, 2.05) is 6.92 Å². The summed E-state index contributed by atoms with van der Waals surface area (Å²) < 4.78 is 0. The summed E-state index contributed by atoms with van der Waals surface area (Å²) in [6.45, 7) is 2.30. The zero-order chi connectivity index (χ0) is 8.97. The molecule has 1 saturated carbocycles. The first-order valence-electron chi connectivity index (χ1n) is 5.03. The van der Waals surface area contributed by atoms with Crippen LogP contribution in [0.1, 0.15) is 39.0 Å². The minimum Gasteiger partial charge on any atom is -0.396 e. The average molecular weight is 172 g/mol. The van der Waals surface area contributed by atoms with E-state index in [9.17, 15) is 5.11 Å². The van der Waals surface area contributed by atoms with Gasteiger partial charge >= 0.3 is 0 Å². The van der Waals surface area contributed by atoms with Gasteiger partial charge in [-0.05, 0) is 31.1 Å². The Morgan fingerprint density at radius 3 is 2.58 bits per heavy atom. The Morgan fingerprint density at radius 2 is 2.00 bits per heavy atom. The third-order valence-corrected chi connectivity index (χ3v) is 2.89. The van der Waals surface area contributed by atoms with Crippen LogP contribution in [0.15, 0.2) is 0 Å². The van der Waals surface area contributed by atoms with Gasteiger partial charge in [0.25, 0.3) is 0 Å². The van der Waals surface area contributed by atoms with E-state index >= 15 is 0 Å². The fraction of sp³-hybridized carbons (Fsp3) is 1.00. The van der Waals surface area contributed by atoms with E-state index in [4.69, 9.17) is 5.11 Å². The van der Waals surface area contributed by atoms with Crippen LogP contribution in [0.2, 0.25) is 0 Å². The molecule has 2 N–H and O–H groups in total. The zero-order valence-corrected chi connectivity index (χ0v) is 7.87. The van der Waals surface area contributed by atoms with Gasteiger partial charge in [-0.3, -0.25) is 0 Å². The Kier molecular flexibility index (Phi) is 4.02. The second-order valence-corrected chi connectivity index (χ2v) is 4.14. The van der Waals surface area contributed by atoms with Crippen LogP contribution in [-0.4, -0.2) is 22.9 Å². The van der Waals surface area contributed by atoms with Crippen molar-refractivity contribution in [3.63, 3.8) is 0 Å². The minimum absolute atomic E-state index is 0.104. The average Bonchev–Trinajstić information content (AvgIpc) is 2.09. The molecule has 1 unspecified atom stereocenters. The molecule has 0 spiro atoms. The molecule has 0 bridgehead atoms. The lowest BCUT2D eigenvalue weighted by Gasteiger charge is -2.29. The summed E-state index contributed by atoms with van der Waals surface area (Å²) >= 11 is 0. The third kappa shape index (κ3) is 2.76. The van der Waals surface area contributed by atoms with Gasteiger partial charge in [-0.15, -0.1) is 0 Å². The van der Waals surface area contributed by atoms with Crippen molar-refractivity contribution < 1.29 is 10.2 Å². The molecule has 0 heterocycles. The Morgan fingerprint density at radius 1 is 1.33 bits per heavy atom. The molecule has 0 saturated heterocycles. The van der Waals surface area contributed by atoms with E-state index in [-0.39, 0.29) is 12.7 Å². The van der Waals surface area contributed by atoms with Crippen molar-refractivity contribution in [3.8, 4) is 0 Å². The van der Waals surface area contributed by atoms with Crippen LogP contribution in [0.25, 0.3) is 0 Å². The lowest BCUT2D eigenvalue weighted by atomic mass is 9.81. The maximum absolute atomic E-state index is 9.63. The van der Waals surface area contributed by atoms with Crippen LogP contribution >= 0.6 is 0 Å². The highest BCUT2D eigenvalue weighted by molar-refractivity contribution is 4.75. The lowest BCUT2D eigenvalue weighted by molar-refractivity contribution is 0.0512. The molecule has 3 atom stereocenters. The standard InChI is InChI=1S/C10H20O2/c1-8(7-11)6-9-4-2-3-5-10(9)12/h8-12H,2-7H2,1H3/t8?,9-,10-/m1/s1. The Bertz CT molecular complexity index is 125. The summed E-state index contributed by atoms with van der Waals surface area (Å²) in [6.07, 6.45) is 5.41. The largest absolute Gasteiger partial charge is 0.396 e. The summed E-state index contributed by atoms with van der Waals surface area (Å²) in [5.41, 5.74) is 0. The Balaban J connectivity index is 2.28. The molecule has 1 aliphatic carbocycles.